The molecule has 96 valence electrons. The summed E-state index contributed by atoms with van der Waals surface area (Å²) >= 11 is 9.58. The first-order valence-corrected chi connectivity index (χ1v) is 6.90. The number of aryl methyl sites for hydroxylation is 1. The van der Waals surface area contributed by atoms with Crippen LogP contribution in [0.3, 0.4) is 0 Å². The van der Waals surface area contributed by atoms with Gasteiger partial charge in [0.15, 0.2) is 0 Å². The first kappa shape index (κ1) is 13.6. The van der Waals surface area contributed by atoms with Gasteiger partial charge in [0, 0.05) is 16.7 Å². The van der Waals surface area contributed by atoms with Crippen molar-refractivity contribution < 1.29 is 0 Å². The van der Waals surface area contributed by atoms with Crippen LogP contribution >= 0.6 is 27.5 Å². The summed E-state index contributed by atoms with van der Waals surface area (Å²) in [6, 6.07) is 6.31. The Hall–Kier alpha value is -0.840. The zero-order valence-corrected chi connectivity index (χ0v) is 12.7. The number of nitrogens with two attached hydrogens (primary N) is 1. The molecule has 0 spiro atoms. The molecule has 0 radical (unpaired) electrons. The van der Waals surface area contributed by atoms with E-state index in [1.54, 1.807) is 4.68 Å². The third-order valence-electron chi connectivity index (χ3n) is 2.66. The standard InChI is InChI=1S/C13H15BrClN3/c1-8(16)5-10-3-4-13(11(14)6-10)18-7-12(15)9(2)17-18/h3-4,6-8H,5,16H2,1-2H3. The highest BCUT2D eigenvalue weighted by Gasteiger charge is 2.08. The smallest absolute Gasteiger partial charge is 0.0819 e. The van der Waals surface area contributed by atoms with Crippen LogP contribution in [0.15, 0.2) is 28.9 Å². The van der Waals surface area contributed by atoms with E-state index >= 15 is 0 Å². The number of nitrogens with zero attached hydrogens (tertiary/aromatic N) is 2. The second-order valence-corrected chi connectivity index (χ2v) is 5.74. The Morgan fingerprint density at radius 1 is 1.50 bits per heavy atom. The van der Waals surface area contributed by atoms with E-state index < -0.39 is 0 Å². The van der Waals surface area contributed by atoms with Crippen molar-refractivity contribution in [2.24, 2.45) is 5.73 Å². The van der Waals surface area contributed by atoms with Crippen LogP contribution in [0.1, 0.15) is 18.2 Å². The summed E-state index contributed by atoms with van der Waals surface area (Å²) in [5, 5.41) is 5.03. The van der Waals surface area contributed by atoms with Crippen LogP contribution in [0, 0.1) is 6.92 Å². The van der Waals surface area contributed by atoms with Gasteiger partial charge in [0.1, 0.15) is 0 Å². The van der Waals surface area contributed by atoms with Gasteiger partial charge in [0.25, 0.3) is 0 Å². The number of hydrogen-bond acceptors (Lipinski definition) is 2. The van der Waals surface area contributed by atoms with Crippen molar-refractivity contribution in [3.05, 3.63) is 45.1 Å². The molecule has 0 fully saturated rings. The van der Waals surface area contributed by atoms with Gasteiger partial charge < -0.3 is 5.73 Å². The molecule has 2 rings (SSSR count). The zero-order valence-electron chi connectivity index (χ0n) is 10.3. The first-order valence-electron chi connectivity index (χ1n) is 5.73. The van der Waals surface area contributed by atoms with Crippen molar-refractivity contribution in [2.45, 2.75) is 26.3 Å². The highest BCUT2D eigenvalue weighted by atomic mass is 79.9. The number of benzene rings is 1. The molecule has 1 unspecified atom stereocenters. The molecule has 0 amide bonds. The third-order valence-corrected chi connectivity index (χ3v) is 3.66. The molecule has 0 aliphatic heterocycles. The first-order chi connectivity index (χ1) is 8.47. The number of rotatable bonds is 3. The Kier molecular flexibility index (Phi) is 4.10. The second-order valence-electron chi connectivity index (χ2n) is 4.47. The van der Waals surface area contributed by atoms with Crippen LogP contribution in [0.5, 0.6) is 0 Å². The fourth-order valence-corrected chi connectivity index (χ4v) is 2.54. The van der Waals surface area contributed by atoms with Gasteiger partial charge in [-0.1, -0.05) is 17.7 Å². The fourth-order valence-electron chi connectivity index (χ4n) is 1.80. The van der Waals surface area contributed by atoms with Crippen molar-refractivity contribution >= 4 is 27.5 Å². The lowest BCUT2D eigenvalue weighted by Gasteiger charge is -2.09. The molecule has 0 saturated carbocycles. The Labute approximate surface area is 120 Å². The van der Waals surface area contributed by atoms with Crippen molar-refractivity contribution in [3.8, 4) is 5.69 Å². The molecule has 3 nitrogen and oxygen atoms in total. The van der Waals surface area contributed by atoms with Crippen LogP contribution < -0.4 is 5.73 Å². The van der Waals surface area contributed by atoms with Crippen LogP contribution in [-0.4, -0.2) is 15.8 Å². The van der Waals surface area contributed by atoms with Crippen LogP contribution in [0.25, 0.3) is 5.69 Å². The van der Waals surface area contributed by atoms with Crippen molar-refractivity contribution in [1.82, 2.24) is 9.78 Å². The number of aromatic nitrogens is 2. The Morgan fingerprint density at radius 3 is 2.72 bits per heavy atom. The largest absolute Gasteiger partial charge is 0.328 e. The highest BCUT2D eigenvalue weighted by Crippen LogP contribution is 2.24. The summed E-state index contributed by atoms with van der Waals surface area (Å²) in [7, 11) is 0. The van der Waals surface area contributed by atoms with E-state index in [0.717, 1.165) is 22.3 Å². The van der Waals surface area contributed by atoms with Crippen LogP contribution in [0.4, 0.5) is 0 Å². The van der Waals surface area contributed by atoms with E-state index in [0.29, 0.717) is 5.02 Å². The maximum atomic E-state index is 6.02. The predicted molar refractivity (Wildman–Crippen MR) is 78.4 cm³/mol. The minimum Gasteiger partial charge on any atom is -0.328 e. The van der Waals surface area contributed by atoms with Crippen LogP contribution in [-0.2, 0) is 6.42 Å². The lowest BCUT2D eigenvalue weighted by atomic mass is 10.1. The minimum atomic E-state index is 0.157. The van der Waals surface area contributed by atoms with Crippen molar-refractivity contribution in [1.29, 1.82) is 0 Å². The molecule has 2 N–H and O–H groups in total. The van der Waals surface area contributed by atoms with E-state index in [1.165, 1.54) is 5.56 Å². The van der Waals surface area contributed by atoms with E-state index in [1.807, 2.05) is 26.1 Å². The molecular formula is C13H15BrClN3. The average Bonchev–Trinajstić information content (AvgIpc) is 2.58. The second kappa shape index (κ2) is 5.43. The normalized spacial score (nSPS) is 12.7. The maximum absolute atomic E-state index is 6.02. The summed E-state index contributed by atoms with van der Waals surface area (Å²) in [5.74, 6) is 0. The molecule has 2 aromatic rings. The highest BCUT2D eigenvalue weighted by molar-refractivity contribution is 9.10. The lowest BCUT2D eigenvalue weighted by molar-refractivity contribution is 0.737. The van der Waals surface area contributed by atoms with Crippen LogP contribution in [0.2, 0.25) is 5.02 Å². The molecule has 1 atom stereocenters. The summed E-state index contributed by atoms with van der Waals surface area (Å²) in [4.78, 5) is 0. The SMILES string of the molecule is Cc1nn(-c2ccc(CC(C)N)cc2Br)cc1Cl. The van der Waals surface area contributed by atoms with Gasteiger partial charge in [0.05, 0.1) is 16.4 Å². The molecule has 5 heteroatoms. The molecule has 0 bridgehead atoms. The molecule has 0 aliphatic carbocycles. The molecule has 1 heterocycles. The van der Waals surface area contributed by atoms with Gasteiger partial charge in [-0.05, 0) is 53.9 Å². The lowest BCUT2D eigenvalue weighted by Crippen LogP contribution is -2.17. The van der Waals surface area contributed by atoms with Gasteiger partial charge in [-0.25, -0.2) is 4.68 Å². The number of hydrogen-bond donors (Lipinski definition) is 1. The Bertz CT molecular complexity index is 544. The van der Waals surface area contributed by atoms with E-state index in [9.17, 15) is 0 Å². The van der Waals surface area contributed by atoms with Gasteiger partial charge in [-0.15, -0.1) is 0 Å². The predicted octanol–water partition coefficient (Wildman–Crippen LogP) is 3.49. The summed E-state index contributed by atoms with van der Waals surface area (Å²) in [6.07, 6.45) is 2.67. The summed E-state index contributed by atoms with van der Waals surface area (Å²) in [6.45, 7) is 3.88. The topological polar surface area (TPSA) is 43.8 Å². The van der Waals surface area contributed by atoms with E-state index in [-0.39, 0.29) is 6.04 Å². The maximum Gasteiger partial charge on any atom is 0.0819 e. The van der Waals surface area contributed by atoms with Crippen molar-refractivity contribution in [3.63, 3.8) is 0 Å². The average molecular weight is 329 g/mol. The Morgan fingerprint density at radius 2 is 2.22 bits per heavy atom. The van der Waals surface area contributed by atoms with E-state index in [4.69, 9.17) is 17.3 Å². The zero-order chi connectivity index (χ0) is 13.3. The van der Waals surface area contributed by atoms with Gasteiger partial charge in [0.2, 0.25) is 0 Å². The molecule has 1 aromatic heterocycles. The summed E-state index contributed by atoms with van der Waals surface area (Å²) < 4.78 is 2.76. The quantitative estimate of drug-likeness (QED) is 0.937. The molecule has 18 heavy (non-hydrogen) atoms. The van der Waals surface area contributed by atoms with Gasteiger partial charge in [-0.2, -0.15) is 5.10 Å². The third kappa shape index (κ3) is 2.94. The van der Waals surface area contributed by atoms with Crippen molar-refractivity contribution in [2.75, 3.05) is 0 Å². The van der Waals surface area contributed by atoms with Gasteiger partial charge in [-0.3, -0.25) is 0 Å². The molecular weight excluding hydrogens is 314 g/mol. The van der Waals surface area contributed by atoms with Gasteiger partial charge >= 0.3 is 0 Å². The molecule has 0 saturated heterocycles. The monoisotopic (exact) mass is 327 g/mol. The minimum absolute atomic E-state index is 0.157. The molecule has 0 aliphatic rings. The Balaban J connectivity index is 2.35. The van der Waals surface area contributed by atoms with E-state index in [2.05, 4.69) is 33.2 Å². The summed E-state index contributed by atoms with van der Waals surface area (Å²) in [5.41, 5.74) is 8.79. The number of halogens is 2. The molecule has 1 aromatic carbocycles. The fraction of sp³-hybridized carbons (Fsp3) is 0.308.